The summed E-state index contributed by atoms with van der Waals surface area (Å²) in [6.07, 6.45) is 1.91. The molecule has 0 spiro atoms. The van der Waals surface area contributed by atoms with E-state index in [-0.39, 0.29) is 24.2 Å². The highest BCUT2D eigenvalue weighted by molar-refractivity contribution is 5.94. The molecule has 6 heteroatoms. The molecule has 2 atom stereocenters. The third-order valence-electron chi connectivity index (χ3n) is 4.60. The van der Waals surface area contributed by atoms with E-state index in [9.17, 15) is 4.79 Å². The number of nitrogens with one attached hydrogen (secondary N) is 1. The van der Waals surface area contributed by atoms with E-state index < -0.39 is 6.04 Å². The Bertz CT molecular complexity index is 490. The number of hydrogen-bond acceptors (Lipinski definition) is 4. The van der Waals surface area contributed by atoms with Crippen molar-refractivity contribution in [3.05, 3.63) is 29.8 Å². The van der Waals surface area contributed by atoms with Crippen LogP contribution in [0.3, 0.4) is 0 Å². The fourth-order valence-corrected chi connectivity index (χ4v) is 2.60. The molecule has 0 bridgehead atoms. The second-order valence-electron chi connectivity index (χ2n) is 6.30. The normalized spacial score (nSPS) is 17.6. The molecular weight excluding hydrogens is 326 g/mol. The summed E-state index contributed by atoms with van der Waals surface area (Å²) in [5, 5.41) is 2.90. The molecule has 1 aliphatic heterocycles. The minimum absolute atomic E-state index is 0. The Hall–Kier alpha value is -1.14. The molecule has 136 valence electrons. The molecule has 1 fully saturated rings. The lowest BCUT2D eigenvalue weighted by atomic mass is 9.99. The Kier molecular flexibility index (Phi) is 9.29. The summed E-state index contributed by atoms with van der Waals surface area (Å²) in [5.74, 6) is 0.0724. The van der Waals surface area contributed by atoms with Crippen LogP contribution in [0.15, 0.2) is 24.3 Å². The molecule has 3 N–H and O–H groups in total. The van der Waals surface area contributed by atoms with E-state index in [0.29, 0.717) is 0 Å². The van der Waals surface area contributed by atoms with Crippen molar-refractivity contribution in [1.29, 1.82) is 0 Å². The minimum Gasteiger partial charge on any atom is -0.379 e. The number of rotatable bonds is 7. The highest BCUT2D eigenvalue weighted by Crippen LogP contribution is 2.13. The largest absolute Gasteiger partial charge is 0.379 e. The van der Waals surface area contributed by atoms with E-state index in [4.69, 9.17) is 10.5 Å². The fourth-order valence-electron chi connectivity index (χ4n) is 2.60. The second-order valence-corrected chi connectivity index (χ2v) is 6.30. The van der Waals surface area contributed by atoms with Crippen LogP contribution >= 0.6 is 12.4 Å². The van der Waals surface area contributed by atoms with Gasteiger partial charge >= 0.3 is 0 Å². The number of benzene rings is 1. The van der Waals surface area contributed by atoms with E-state index in [1.807, 2.05) is 26.0 Å². The van der Waals surface area contributed by atoms with Crippen LogP contribution in [0.25, 0.3) is 0 Å². The molecule has 5 nitrogen and oxygen atoms in total. The van der Waals surface area contributed by atoms with Gasteiger partial charge in [-0.25, -0.2) is 0 Å². The lowest BCUT2D eigenvalue weighted by Crippen LogP contribution is -2.40. The van der Waals surface area contributed by atoms with Crippen molar-refractivity contribution in [2.24, 2.45) is 11.7 Å². The summed E-state index contributed by atoms with van der Waals surface area (Å²) >= 11 is 0. The van der Waals surface area contributed by atoms with Crippen LogP contribution < -0.4 is 11.1 Å². The first-order chi connectivity index (χ1) is 11.1. The maximum atomic E-state index is 12.1. The van der Waals surface area contributed by atoms with Crippen molar-refractivity contribution in [2.75, 3.05) is 38.2 Å². The predicted molar refractivity (Wildman–Crippen MR) is 101 cm³/mol. The van der Waals surface area contributed by atoms with E-state index in [0.717, 1.165) is 51.4 Å². The van der Waals surface area contributed by atoms with E-state index in [1.54, 1.807) is 0 Å². The number of nitrogens with two attached hydrogens (primary N) is 1. The van der Waals surface area contributed by atoms with Crippen LogP contribution in [0.2, 0.25) is 0 Å². The van der Waals surface area contributed by atoms with Gasteiger partial charge in [-0.1, -0.05) is 32.4 Å². The standard InChI is InChI=1S/C18H29N3O2.ClH/c1-3-14(2)17(19)18(22)20-16-6-4-15(5-7-16)8-9-21-10-12-23-13-11-21;/h4-7,14,17H,3,8-13,19H2,1-2H3,(H,20,22);1H. The van der Waals surface area contributed by atoms with Gasteiger partial charge in [0.25, 0.3) is 0 Å². The molecule has 2 unspecified atom stereocenters. The molecule has 0 aliphatic carbocycles. The Labute approximate surface area is 151 Å². The number of nitrogens with zero attached hydrogens (tertiary/aromatic N) is 1. The van der Waals surface area contributed by atoms with Gasteiger partial charge in [0.2, 0.25) is 5.91 Å². The van der Waals surface area contributed by atoms with E-state index in [2.05, 4.69) is 22.3 Å². The molecule has 1 heterocycles. The first kappa shape index (κ1) is 20.9. The summed E-state index contributed by atoms with van der Waals surface area (Å²) in [6, 6.07) is 7.60. The summed E-state index contributed by atoms with van der Waals surface area (Å²) in [5.41, 5.74) is 8.04. The molecule has 1 aromatic rings. The van der Waals surface area contributed by atoms with Crippen molar-refractivity contribution in [1.82, 2.24) is 4.90 Å². The first-order valence-corrected chi connectivity index (χ1v) is 8.55. The first-order valence-electron chi connectivity index (χ1n) is 8.55. The predicted octanol–water partition coefficient (Wildman–Crippen LogP) is 2.30. The van der Waals surface area contributed by atoms with Crippen LogP contribution in [-0.4, -0.2) is 49.7 Å². The van der Waals surface area contributed by atoms with Gasteiger partial charge in [0.15, 0.2) is 0 Å². The average molecular weight is 356 g/mol. The number of hydrogen-bond donors (Lipinski definition) is 2. The third kappa shape index (κ3) is 6.40. The number of carbonyl (C=O) groups excluding carboxylic acids is 1. The summed E-state index contributed by atoms with van der Waals surface area (Å²) in [4.78, 5) is 14.5. The van der Waals surface area contributed by atoms with Gasteiger partial charge in [-0.15, -0.1) is 12.4 Å². The van der Waals surface area contributed by atoms with Gasteiger partial charge in [0, 0.05) is 25.3 Å². The monoisotopic (exact) mass is 355 g/mol. The van der Waals surface area contributed by atoms with Crippen LogP contribution in [0.5, 0.6) is 0 Å². The SMILES string of the molecule is CCC(C)C(N)C(=O)Nc1ccc(CCN2CCOCC2)cc1.Cl. The molecule has 0 radical (unpaired) electrons. The van der Waals surface area contributed by atoms with Gasteiger partial charge in [0.1, 0.15) is 0 Å². The molecular formula is C18H30ClN3O2. The Morgan fingerprint density at radius 1 is 1.29 bits per heavy atom. The molecule has 1 aromatic carbocycles. The quantitative estimate of drug-likeness (QED) is 0.787. The van der Waals surface area contributed by atoms with Crippen LogP contribution in [0, 0.1) is 5.92 Å². The van der Waals surface area contributed by atoms with Crippen molar-refractivity contribution < 1.29 is 9.53 Å². The Morgan fingerprint density at radius 2 is 1.92 bits per heavy atom. The van der Waals surface area contributed by atoms with Crippen molar-refractivity contribution in [3.8, 4) is 0 Å². The lowest BCUT2D eigenvalue weighted by Gasteiger charge is -2.26. The molecule has 24 heavy (non-hydrogen) atoms. The molecule has 1 saturated heterocycles. The van der Waals surface area contributed by atoms with Gasteiger partial charge in [0.05, 0.1) is 19.3 Å². The summed E-state index contributed by atoms with van der Waals surface area (Å²) in [7, 11) is 0. The number of ether oxygens (including phenoxy) is 1. The molecule has 0 saturated carbocycles. The van der Waals surface area contributed by atoms with Crippen molar-refractivity contribution in [2.45, 2.75) is 32.7 Å². The van der Waals surface area contributed by atoms with E-state index in [1.165, 1.54) is 5.56 Å². The van der Waals surface area contributed by atoms with Gasteiger partial charge in [-0.3, -0.25) is 9.69 Å². The zero-order chi connectivity index (χ0) is 16.7. The maximum absolute atomic E-state index is 12.1. The lowest BCUT2D eigenvalue weighted by molar-refractivity contribution is -0.118. The Morgan fingerprint density at radius 3 is 2.50 bits per heavy atom. The van der Waals surface area contributed by atoms with Crippen molar-refractivity contribution >= 4 is 24.0 Å². The topological polar surface area (TPSA) is 67.6 Å². The van der Waals surface area contributed by atoms with Crippen LogP contribution in [0.4, 0.5) is 5.69 Å². The third-order valence-corrected chi connectivity index (χ3v) is 4.60. The van der Waals surface area contributed by atoms with Gasteiger partial charge in [-0.05, 0) is 30.0 Å². The number of anilines is 1. The number of amides is 1. The van der Waals surface area contributed by atoms with E-state index >= 15 is 0 Å². The zero-order valence-electron chi connectivity index (χ0n) is 14.7. The van der Waals surface area contributed by atoms with Crippen LogP contribution in [-0.2, 0) is 16.0 Å². The molecule has 1 aliphatic rings. The van der Waals surface area contributed by atoms with Gasteiger partial charge in [-0.2, -0.15) is 0 Å². The highest BCUT2D eigenvalue weighted by Gasteiger charge is 2.19. The van der Waals surface area contributed by atoms with Gasteiger partial charge < -0.3 is 15.8 Å². The smallest absolute Gasteiger partial charge is 0.241 e. The molecule has 1 amide bonds. The molecule has 2 rings (SSSR count). The Balaban J connectivity index is 0.00000288. The number of halogens is 1. The number of morpholine rings is 1. The minimum atomic E-state index is -0.457. The van der Waals surface area contributed by atoms with Crippen LogP contribution in [0.1, 0.15) is 25.8 Å². The summed E-state index contributed by atoms with van der Waals surface area (Å²) in [6.45, 7) is 8.79. The molecule has 0 aromatic heterocycles. The highest BCUT2D eigenvalue weighted by atomic mass is 35.5. The maximum Gasteiger partial charge on any atom is 0.241 e. The summed E-state index contributed by atoms with van der Waals surface area (Å²) < 4.78 is 5.36. The number of carbonyl (C=O) groups is 1. The average Bonchev–Trinajstić information content (AvgIpc) is 2.60. The van der Waals surface area contributed by atoms with Crippen molar-refractivity contribution in [3.63, 3.8) is 0 Å². The second kappa shape index (κ2) is 10.7. The zero-order valence-corrected chi connectivity index (χ0v) is 15.5. The fraction of sp³-hybridized carbons (Fsp3) is 0.611.